The summed E-state index contributed by atoms with van der Waals surface area (Å²) in [5.41, 5.74) is 1.47. The minimum atomic E-state index is -0.737. The van der Waals surface area contributed by atoms with Crippen LogP contribution in [0.1, 0.15) is 38.7 Å². The zero-order valence-corrected chi connectivity index (χ0v) is 19.2. The van der Waals surface area contributed by atoms with Gasteiger partial charge in [0.2, 0.25) is 0 Å². The molecule has 0 N–H and O–H groups in total. The van der Waals surface area contributed by atoms with Gasteiger partial charge in [-0.15, -0.1) is 0 Å². The summed E-state index contributed by atoms with van der Waals surface area (Å²) < 4.78 is 10.4. The number of hydrogen-bond acceptors (Lipinski definition) is 5. The number of rotatable bonds is 9. The Labute approximate surface area is 185 Å². The van der Waals surface area contributed by atoms with Crippen molar-refractivity contribution in [2.75, 3.05) is 47.0 Å². The standard InChI is InChI=1S/C24H35N3O4/c1-19(2)10-14-25-15-11-24(12-16-25)22(28)26(23(29)27(24)13-5-17-30-3)18-20-6-8-21(31-4)9-7-20/h6-10H,5,11-18H2,1-4H3. The number of allylic oxidation sites excluding steroid dienone is 1. The summed E-state index contributed by atoms with van der Waals surface area (Å²) in [6.45, 7) is 8.08. The first-order chi connectivity index (χ1) is 14.9. The van der Waals surface area contributed by atoms with Crippen LogP contribution in [0.3, 0.4) is 0 Å². The van der Waals surface area contributed by atoms with Crippen molar-refractivity contribution in [1.29, 1.82) is 0 Å². The zero-order chi connectivity index (χ0) is 22.4. The maximum absolute atomic E-state index is 13.6. The smallest absolute Gasteiger partial charge is 0.327 e. The summed E-state index contributed by atoms with van der Waals surface area (Å²) >= 11 is 0. The Kier molecular flexibility index (Phi) is 7.73. The second-order valence-electron chi connectivity index (χ2n) is 8.63. The zero-order valence-electron chi connectivity index (χ0n) is 19.2. The largest absolute Gasteiger partial charge is 0.497 e. The first-order valence-electron chi connectivity index (χ1n) is 11.0. The van der Waals surface area contributed by atoms with Gasteiger partial charge in [-0.1, -0.05) is 23.8 Å². The number of hydrogen-bond donors (Lipinski definition) is 0. The molecule has 3 amide bonds. The monoisotopic (exact) mass is 429 g/mol. The highest BCUT2D eigenvalue weighted by molar-refractivity contribution is 6.07. The third-order valence-electron chi connectivity index (χ3n) is 6.29. The molecule has 0 radical (unpaired) electrons. The number of carbonyl (C=O) groups excluding carboxylic acids is 2. The van der Waals surface area contributed by atoms with E-state index in [1.165, 1.54) is 10.5 Å². The Balaban J connectivity index is 1.78. The molecule has 7 heteroatoms. The van der Waals surface area contributed by atoms with E-state index in [2.05, 4.69) is 24.8 Å². The van der Waals surface area contributed by atoms with Crippen molar-refractivity contribution in [3.05, 3.63) is 41.5 Å². The van der Waals surface area contributed by atoms with Crippen molar-refractivity contribution < 1.29 is 19.1 Å². The second-order valence-corrected chi connectivity index (χ2v) is 8.63. The van der Waals surface area contributed by atoms with Crippen molar-refractivity contribution in [1.82, 2.24) is 14.7 Å². The van der Waals surface area contributed by atoms with E-state index < -0.39 is 5.54 Å². The number of ether oxygens (including phenoxy) is 2. The Morgan fingerprint density at radius 1 is 1.10 bits per heavy atom. The van der Waals surface area contributed by atoms with Gasteiger partial charge in [-0.25, -0.2) is 4.79 Å². The lowest BCUT2D eigenvalue weighted by molar-refractivity contribution is -0.136. The summed E-state index contributed by atoms with van der Waals surface area (Å²) in [5.74, 6) is 0.692. The highest BCUT2D eigenvalue weighted by atomic mass is 16.5. The van der Waals surface area contributed by atoms with E-state index in [1.807, 2.05) is 29.2 Å². The number of benzene rings is 1. The molecule has 0 aliphatic carbocycles. The van der Waals surface area contributed by atoms with Crippen molar-refractivity contribution in [3.8, 4) is 5.75 Å². The van der Waals surface area contributed by atoms with Gasteiger partial charge in [0.1, 0.15) is 11.3 Å². The summed E-state index contributed by atoms with van der Waals surface area (Å²) in [5, 5.41) is 0. The topological polar surface area (TPSA) is 62.3 Å². The Hall–Kier alpha value is -2.38. The van der Waals surface area contributed by atoms with Crippen LogP contribution in [0.25, 0.3) is 0 Å². The summed E-state index contributed by atoms with van der Waals surface area (Å²) in [6, 6.07) is 7.33. The number of amides is 3. The molecule has 2 fully saturated rings. The molecule has 7 nitrogen and oxygen atoms in total. The molecule has 1 aromatic carbocycles. The van der Waals surface area contributed by atoms with Gasteiger partial charge >= 0.3 is 6.03 Å². The van der Waals surface area contributed by atoms with Gasteiger partial charge in [0.05, 0.1) is 13.7 Å². The lowest BCUT2D eigenvalue weighted by Gasteiger charge is -2.42. The minimum Gasteiger partial charge on any atom is -0.497 e. The van der Waals surface area contributed by atoms with Crippen LogP contribution in [0.4, 0.5) is 4.79 Å². The van der Waals surface area contributed by atoms with Crippen LogP contribution in [0, 0.1) is 0 Å². The first-order valence-corrected chi connectivity index (χ1v) is 11.0. The lowest BCUT2D eigenvalue weighted by Crippen LogP contribution is -2.56. The maximum Gasteiger partial charge on any atom is 0.327 e. The van der Waals surface area contributed by atoms with Crippen molar-refractivity contribution in [2.45, 2.75) is 45.2 Å². The maximum atomic E-state index is 13.6. The predicted molar refractivity (Wildman–Crippen MR) is 120 cm³/mol. The SMILES string of the molecule is COCCCN1C(=O)N(Cc2ccc(OC)cc2)C(=O)C12CCN(CC=C(C)C)CC2. The predicted octanol–water partition coefficient (Wildman–Crippen LogP) is 3.30. The van der Waals surface area contributed by atoms with Gasteiger partial charge in [-0.05, 0) is 50.8 Å². The third kappa shape index (κ3) is 5.10. The van der Waals surface area contributed by atoms with E-state index in [0.29, 0.717) is 26.0 Å². The van der Waals surface area contributed by atoms with Crippen LogP contribution in [0.15, 0.2) is 35.9 Å². The van der Waals surface area contributed by atoms with Crippen molar-refractivity contribution in [2.24, 2.45) is 0 Å². The molecule has 2 aliphatic heterocycles. The number of urea groups is 1. The van der Waals surface area contributed by atoms with E-state index in [9.17, 15) is 9.59 Å². The summed E-state index contributed by atoms with van der Waals surface area (Å²) in [4.78, 5) is 32.6. The molecule has 0 bridgehead atoms. The number of imide groups is 1. The molecule has 0 aromatic heterocycles. The quantitative estimate of drug-likeness (QED) is 0.342. The fourth-order valence-electron chi connectivity index (χ4n) is 4.41. The average Bonchev–Trinajstić information content (AvgIpc) is 2.96. The molecule has 2 saturated heterocycles. The van der Waals surface area contributed by atoms with E-state index in [-0.39, 0.29) is 18.5 Å². The van der Waals surface area contributed by atoms with Crippen LogP contribution in [0.2, 0.25) is 0 Å². The number of likely N-dealkylation sites (tertiary alicyclic amines) is 1. The molecule has 2 heterocycles. The fourth-order valence-corrected chi connectivity index (χ4v) is 4.41. The lowest BCUT2D eigenvalue weighted by atomic mass is 9.85. The minimum absolute atomic E-state index is 0.0624. The van der Waals surface area contributed by atoms with Crippen molar-refractivity contribution in [3.63, 3.8) is 0 Å². The van der Waals surface area contributed by atoms with Crippen LogP contribution in [0.5, 0.6) is 5.75 Å². The van der Waals surface area contributed by atoms with E-state index in [0.717, 1.165) is 37.4 Å². The molecule has 170 valence electrons. The number of methoxy groups -OCH3 is 2. The summed E-state index contributed by atoms with van der Waals surface area (Å²) in [7, 11) is 3.28. The molecule has 31 heavy (non-hydrogen) atoms. The van der Waals surface area contributed by atoms with Gasteiger partial charge in [-0.3, -0.25) is 14.6 Å². The van der Waals surface area contributed by atoms with E-state index in [4.69, 9.17) is 9.47 Å². The van der Waals surface area contributed by atoms with Gasteiger partial charge in [0, 0.05) is 39.9 Å². The first kappa shape index (κ1) is 23.3. The molecule has 1 aromatic rings. The van der Waals surface area contributed by atoms with Gasteiger partial charge in [-0.2, -0.15) is 0 Å². The Bertz CT molecular complexity index is 794. The molecule has 1 spiro atoms. The number of nitrogens with zero attached hydrogens (tertiary/aromatic N) is 3. The molecule has 0 atom stereocenters. The van der Waals surface area contributed by atoms with Crippen molar-refractivity contribution >= 4 is 11.9 Å². The Morgan fingerprint density at radius 2 is 1.77 bits per heavy atom. The Morgan fingerprint density at radius 3 is 2.35 bits per heavy atom. The van der Waals surface area contributed by atoms with Gasteiger partial charge in [0.25, 0.3) is 5.91 Å². The van der Waals surface area contributed by atoms with E-state index in [1.54, 1.807) is 14.2 Å². The highest BCUT2D eigenvalue weighted by Crippen LogP contribution is 2.38. The third-order valence-corrected chi connectivity index (χ3v) is 6.29. The highest BCUT2D eigenvalue weighted by Gasteiger charge is 2.57. The molecule has 3 rings (SSSR count). The second kappa shape index (κ2) is 10.3. The van der Waals surface area contributed by atoms with Crippen LogP contribution in [-0.4, -0.2) is 79.2 Å². The van der Waals surface area contributed by atoms with Crippen LogP contribution >= 0.6 is 0 Å². The fraction of sp³-hybridized carbons (Fsp3) is 0.583. The average molecular weight is 430 g/mol. The molecular weight excluding hydrogens is 394 g/mol. The molecule has 0 saturated carbocycles. The van der Waals surface area contributed by atoms with Crippen LogP contribution < -0.4 is 4.74 Å². The van der Waals surface area contributed by atoms with Gasteiger partial charge < -0.3 is 14.4 Å². The van der Waals surface area contributed by atoms with Gasteiger partial charge in [0.15, 0.2) is 0 Å². The van der Waals surface area contributed by atoms with Crippen LogP contribution in [-0.2, 0) is 16.1 Å². The molecule has 0 unspecified atom stereocenters. The molecule has 2 aliphatic rings. The summed E-state index contributed by atoms with van der Waals surface area (Å²) in [6.07, 6.45) is 4.27. The number of piperidine rings is 1. The normalized spacial score (nSPS) is 18.7. The number of carbonyl (C=O) groups is 2. The molecular formula is C24H35N3O4. The van der Waals surface area contributed by atoms with E-state index >= 15 is 0 Å².